The van der Waals surface area contributed by atoms with Gasteiger partial charge in [-0.1, -0.05) is 0 Å². The van der Waals surface area contributed by atoms with E-state index in [1.807, 2.05) is 35.5 Å². The molecule has 0 aliphatic carbocycles. The van der Waals surface area contributed by atoms with E-state index in [1.54, 1.807) is 6.20 Å². The van der Waals surface area contributed by atoms with Gasteiger partial charge in [-0.3, -0.25) is 4.68 Å². The number of rotatable bonds is 2. The van der Waals surface area contributed by atoms with Crippen LogP contribution in [0.25, 0.3) is 0 Å². The molecular weight excluding hydrogens is 164 g/mol. The second-order valence-corrected chi connectivity index (χ2v) is 3.11. The van der Waals surface area contributed by atoms with Crippen molar-refractivity contribution in [2.75, 3.05) is 0 Å². The fourth-order valence-corrected chi connectivity index (χ4v) is 1.34. The van der Waals surface area contributed by atoms with Crippen LogP contribution in [0, 0.1) is 13.8 Å². The molecule has 0 fully saturated rings. The summed E-state index contributed by atoms with van der Waals surface area (Å²) in [5, 5.41) is 8.46. The molecular formula is C9H12N4. The predicted octanol–water partition coefficient (Wildman–Crippen LogP) is 1.20. The molecule has 0 atom stereocenters. The molecule has 0 N–H and O–H groups in total. The van der Waals surface area contributed by atoms with Crippen molar-refractivity contribution in [3.8, 4) is 0 Å². The lowest BCUT2D eigenvalue weighted by atomic mass is 10.4. The zero-order valence-electron chi connectivity index (χ0n) is 7.81. The molecule has 0 unspecified atom stereocenters. The van der Waals surface area contributed by atoms with Gasteiger partial charge in [0.25, 0.3) is 0 Å². The highest BCUT2D eigenvalue weighted by atomic mass is 15.4. The maximum Gasteiger partial charge on any atom is 0.133 e. The van der Waals surface area contributed by atoms with Crippen molar-refractivity contribution in [1.29, 1.82) is 0 Å². The highest BCUT2D eigenvalue weighted by Crippen LogP contribution is 2.01. The quantitative estimate of drug-likeness (QED) is 0.689. The van der Waals surface area contributed by atoms with Gasteiger partial charge in [0.1, 0.15) is 6.67 Å². The summed E-state index contributed by atoms with van der Waals surface area (Å²) in [7, 11) is 0. The van der Waals surface area contributed by atoms with E-state index in [1.165, 1.54) is 0 Å². The number of hydrogen-bond donors (Lipinski definition) is 0. The normalized spacial score (nSPS) is 10.6. The summed E-state index contributed by atoms with van der Waals surface area (Å²) in [5.74, 6) is 0. The van der Waals surface area contributed by atoms with E-state index in [-0.39, 0.29) is 0 Å². The Bertz CT molecular complexity index is 386. The molecule has 13 heavy (non-hydrogen) atoms. The Hall–Kier alpha value is -1.58. The molecule has 0 saturated heterocycles. The van der Waals surface area contributed by atoms with Gasteiger partial charge in [-0.25, -0.2) is 4.68 Å². The van der Waals surface area contributed by atoms with Crippen LogP contribution >= 0.6 is 0 Å². The van der Waals surface area contributed by atoms with E-state index in [9.17, 15) is 0 Å². The van der Waals surface area contributed by atoms with E-state index in [0.717, 1.165) is 11.4 Å². The molecule has 0 aliphatic heterocycles. The van der Waals surface area contributed by atoms with Gasteiger partial charge in [0.15, 0.2) is 0 Å². The molecule has 2 aromatic rings. The zero-order valence-corrected chi connectivity index (χ0v) is 7.81. The van der Waals surface area contributed by atoms with E-state index in [0.29, 0.717) is 6.67 Å². The fourth-order valence-electron chi connectivity index (χ4n) is 1.34. The minimum absolute atomic E-state index is 0.687. The largest absolute Gasteiger partial charge is 0.251 e. The highest BCUT2D eigenvalue weighted by molar-refractivity contribution is 5.06. The van der Waals surface area contributed by atoms with Crippen LogP contribution in [-0.2, 0) is 6.67 Å². The summed E-state index contributed by atoms with van der Waals surface area (Å²) in [6, 6.07) is 3.97. The summed E-state index contributed by atoms with van der Waals surface area (Å²) in [6.45, 7) is 4.72. The molecule has 0 aromatic carbocycles. The molecule has 2 rings (SSSR count). The molecule has 0 saturated carbocycles. The van der Waals surface area contributed by atoms with Crippen molar-refractivity contribution in [1.82, 2.24) is 19.6 Å². The first-order chi connectivity index (χ1) is 6.25. The van der Waals surface area contributed by atoms with E-state index in [4.69, 9.17) is 0 Å². The summed E-state index contributed by atoms with van der Waals surface area (Å²) >= 11 is 0. The Labute approximate surface area is 76.8 Å². The van der Waals surface area contributed by atoms with E-state index >= 15 is 0 Å². The lowest BCUT2D eigenvalue weighted by Gasteiger charge is -2.03. The van der Waals surface area contributed by atoms with Gasteiger partial charge in [0.2, 0.25) is 0 Å². The van der Waals surface area contributed by atoms with E-state index in [2.05, 4.69) is 16.3 Å². The first-order valence-electron chi connectivity index (χ1n) is 4.24. The molecule has 0 bridgehead atoms. The van der Waals surface area contributed by atoms with Gasteiger partial charge < -0.3 is 0 Å². The molecule has 2 aromatic heterocycles. The molecule has 68 valence electrons. The molecule has 4 heteroatoms. The average molecular weight is 176 g/mol. The number of hydrogen-bond acceptors (Lipinski definition) is 2. The predicted molar refractivity (Wildman–Crippen MR) is 49.3 cm³/mol. The maximum atomic E-state index is 4.34. The third-order valence-corrected chi connectivity index (χ3v) is 1.94. The second kappa shape index (κ2) is 3.05. The Morgan fingerprint density at radius 2 is 2.23 bits per heavy atom. The van der Waals surface area contributed by atoms with Gasteiger partial charge in [-0.15, -0.1) is 0 Å². The minimum Gasteiger partial charge on any atom is -0.251 e. The van der Waals surface area contributed by atoms with Crippen LogP contribution in [0.1, 0.15) is 11.4 Å². The van der Waals surface area contributed by atoms with Crippen LogP contribution in [-0.4, -0.2) is 19.6 Å². The van der Waals surface area contributed by atoms with Crippen molar-refractivity contribution >= 4 is 0 Å². The van der Waals surface area contributed by atoms with Gasteiger partial charge in [-0.2, -0.15) is 10.2 Å². The van der Waals surface area contributed by atoms with Crippen molar-refractivity contribution in [2.24, 2.45) is 0 Å². The fraction of sp³-hybridized carbons (Fsp3) is 0.333. The monoisotopic (exact) mass is 176 g/mol. The van der Waals surface area contributed by atoms with Gasteiger partial charge in [0, 0.05) is 18.1 Å². The molecule has 2 heterocycles. The smallest absolute Gasteiger partial charge is 0.133 e. The number of aromatic nitrogens is 4. The molecule has 0 amide bonds. The van der Waals surface area contributed by atoms with E-state index < -0.39 is 0 Å². The average Bonchev–Trinajstić information content (AvgIpc) is 2.63. The van der Waals surface area contributed by atoms with Crippen LogP contribution in [0.15, 0.2) is 24.5 Å². The number of nitrogens with zero attached hydrogens (tertiary/aromatic N) is 4. The molecule has 0 spiro atoms. The minimum atomic E-state index is 0.687. The van der Waals surface area contributed by atoms with Gasteiger partial charge in [0.05, 0.1) is 5.69 Å². The SMILES string of the molecule is Cc1cc(C)n(Cn2cccn2)n1. The Kier molecular flexibility index (Phi) is 1.88. The van der Waals surface area contributed by atoms with Crippen molar-refractivity contribution in [3.05, 3.63) is 35.9 Å². The van der Waals surface area contributed by atoms with Crippen LogP contribution in [0.3, 0.4) is 0 Å². The Morgan fingerprint density at radius 3 is 2.77 bits per heavy atom. The first-order valence-corrected chi connectivity index (χ1v) is 4.24. The van der Waals surface area contributed by atoms with Gasteiger partial charge >= 0.3 is 0 Å². The summed E-state index contributed by atoms with van der Waals surface area (Å²) < 4.78 is 3.78. The Balaban J connectivity index is 2.23. The van der Waals surface area contributed by atoms with Crippen LogP contribution in [0.2, 0.25) is 0 Å². The van der Waals surface area contributed by atoms with Crippen LogP contribution in [0.5, 0.6) is 0 Å². The van der Waals surface area contributed by atoms with Crippen molar-refractivity contribution in [3.63, 3.8) is 0 Å². The third kappa shape index (κ3) is 1.61. The molecule has 4 nitrogen and oxygen atoms in total. The van der Waals surface area contributed by atoms with Crippen molar-refractivity contribution in [2.45, 2.75) is 20.5 Å². The van der Waals surface area contributed by atoms with Gasteiger partial charge in [-0.05, 0) is 26.0 Å². The summed E-state index contributed by atoms with van der Waals surface area (Å²) in [5.41, 5.74) is 2.21. The van der Waals surface area contributed by atoms with Crippen LogP contribution in [0.4, 0.5) is 0 Å². The topological polar surface area (TPSA) is 35.6 Å². The molecule has 0 aliphatic rings. The van der Waals surface area contributed by atoms with Crippen molar-refractivity contribution < 1.29 is 0 Å². The third-order valence-electron chi connectivity index (χ3n) is 1.94. The maximum absolute atomic E-state index is 4.34. The highest BCUT2D eigenvalue weighted by Gasteiger charge is 2.00. The lowest BCUT2D eigenvalue weighted by molar-refractivity contribution is 0.491. The number of aryl methyl sites for hydroxylation is 2. The molecule has 0 radical (unpaired) electrons. The summed E-state index contributed by atoms with van der Waals surface area (Å²) in [4.78, 5) is 0. The Morgan fingerprint density at radius 1 is 1.38 bits per heavy atom. The standard InChI is InChI=1S/C9H12N4/c1-8-6-9(2)13(11-8)7-12-5-3-4-10-12/h3-6H,7H2,1-2H3. The lowest BCUT2D eigenvalue weighted by Crippen LogP contribution is -2.11. The van der Waals surface area contributed by atoms with Crippen LogP contribution < -0.4 is 0 Å². The zero-order chi connectivity index (χ0) is 9.26. The second-order valence-electron chi connectivity index (χ2n) is 3.11. The first kappa shape index (κ1) is 8.04. The summed E-state index contributed by atoms with van der Waals surface area (Å²) in [6.07, 6.45) is 3.70.